The summed E-state index contributed by atoms with van der Waals surface area (Å²) in [6.45, 7) is 0.984. The normalized spacial score (nSPS) is 10.0. The molecule has 0 aromatic carbocycles. The number of hydrogen-bond donors (Lipinski definition) is 0. The number of nitrogens with zero attached hydrogens (tertiary/aromatic N) is 2. The van der Waals surface area contributed by atoms with E-state index in [0.717, 1.165) is 18.7 Å². The van der Waals surface area contributed by atoms with Crippen molar-refractivity contribution in [3.63, 3.8) is 0 Å². The van der Waals surface area contributed by atoms with E-state index in [4.69, 9.17) is 0 Å². The van der Waals surface area contributed by atoms with E-state index < -0.39 is 0 Å². The van der Waals surface area contributed by atoms with Gasteiger partial charge in [-0.2, -0.15) is 0 Å². The summed E-state index contributed by atoms with van der Waals surface area (Å²) in [5.74, 6) is 0. The molecule has 0 aliphatic heterocycles. The molecule has 0 radical (unpaired) electrons. The monoisotopic (exact) mass is 185 g/mol. The van der Waals surface area contributed by atoms with Crippen LogP contribution in [0.5, 0.6) is 0 Å². The van der Waals surface area contributed by atoms with Crippen molar-refractivity contribution >= 4 is 0 Å². The Balaban J connectivity index is 1.96. The maximum Gasteiger partial charge on any atom is 0.168 e. The highest BCUT2D eigenvalue weighted by molar-refractivity contribution is 5.02. The van der Waals surface area contributed by atoms with E-state index in [-0.39, 0.29) is 0 Å². The number of pyridine rings is 2. The van der Waals surface area contributed by atoms with Crippen LogP contribution in [0.2, 0.25) is 0 Å². The van der Waals surface area contributed by atoms with Gasteiger partial charge in [-0.1, -0.05) is 12.1 Å². The quantitative estimate of drug-likeness (QED) is 0.664. The Morgan fingerprint density at radius 3 is 2.57 bits per heavy atom. The highest BCUT2D eigenvalue weighted by atomic mass is 14.9. The van der Waals surface area contributed by atoms with Crippen LogP contribution in [0.25, 0.3) is 0 Å². The summed E-state index contributed by atoms with van der Waals surface area (Å²) in [7, 11) is 0. The average molecular weight is 185 g/mol. The molecule has 0 unspecified atom stereocenters. The van der Waals surface area contributed by atoms with Crippen LogP contribution in [0.4, 0.5) is 0 Å². The van der Waals surface area contributed by atoms with Gasteiger partial charge in [0.15, 0.2) is 18.9 Å². The Hall–Kier alpha value is -1.70. The fourth-order valence-corrected chi connectivity index (χ4v) is 1.37. The fraction of sp³-hybridized carbons (Fsp3) is 0.167. The molecular formula is C12H13N2+. The van der Waals surface area contributed by atoms with E-state index in [1.807, 2.05) is 36.5 Å². The van der Waals surface area contributed by atoms with Gasteiger partial charge in [-0.3, -0.25) is 4.98 Å². The Labute approximate surface area is 83.9 Å². The van der Waals surface area contributed by atoms with Crippen molar-refractivity contribution in [2.45, 2.75) is 13.0 Å². The molecule has 0 saturated heterocycles. The Bertz CT molecular complexity index is 331. The van der Waals surface area contributed by atoms with Crippen molar-refractivity contribution in [2.75, 3.05) is 0 Å². The highest BCUT2D eigenvalue weighted by Gasteiger charge is 1.99. The van der Waals surface area contributed by atoms with Crippen LogP contribution in [0.15, 0.2) is 55.0 Å². The number of rotatable bonds is 3. The molecule has 0 aliphatic carbocycles. The first-order valence-electron chi connectivity index (χ1n) is 4.79. The van der Waals surface area contributed by atoms with E-state index in [2.05, 4.69) is 28.0 Å². The smallest absolute Gasteiger partial charge is 0.168 e. The third-order valence-electron chi connectivity index (χ3n) is 2.13. The molecule has 14 heavy (non-hydrogen) atoms. The van der Waals surface area contributed by atoms with Crippen LogP contribution in [0, 0.1) is 0 Å². The summed E-state index contributed by atoms with van der Waals surface area (Å²) in [6, 6.07) is 12.1. The van der Waals surface area contributed by atoms with Crippen LogP contribution in [-0.2, 0) is 13.0 Å². The van der Waals surface area contributed by atoms with Gasteiger partial charge in [-0.15, -0.1) is 0 Å². The number of aryl methyl sites for hydroxylation is 2. The summed E-state index contributed by atoms with van der Waals surface area (Å²) in [5.41, 5.74) is 1.14. The summed E-state index contributed by atoms with van der Waals surface area (Å²) < 4.78 is 2.16. The molecule has 0 amide bonds. The highest BCUT2D eigenvalue weighted by Crippen LogP contribution is 1.93. The molecule has 0 fully saturated rings. The maximum absolute atomic E-state index is 4.28. The SMILES string of the molecule is c1cc[n+](CCc2ccccn2)cc1. The van der Waals surface area contributed by atoms with Crippen LogP contribution in [0.3, 0.4) is 0 Å². The van der Waals surface area contributed by atoms with Gasteiger partial charge in [-0.25, -0.2) is 4.57 Å². The lowest BCUT2D eigenvalue weighted by Crippen LogP contribution is -2.33. The van der Waals surface area contributed by atoms with Gasteiger partial charge in [-0.05, 0) is 12.1 Å². The van der Waals surface area contributed by atoms with Crippen LogP contribution >= 0.6 is 0 Å². The molecule has 2 rings (SSSR count). The minimum absolute atomic E-state index is 0.982. The van der Waals surface area contributed by atoms with Crippen molar-refractivity contribution in [2.24, 2.45) is 0 Å². The van der Waals surface area contributed by atoms with Crippen molar-refractivity contribution in [1.82, 2.24) is 4.98 Å². The topological polar surface area (TPSA) is 16.8 Å². The van der Waals surface area contributed by atoms with Crippen LogP contribution in [0.1, 0.15) is 5.69 Å². The Morgan fingerprint density at radius 2 is 1.86 bits per heavy atom. The fourth-order valence-electron chi connectivity index (χ4n) is 1.37. The summed E-state index contributed by atoms with van der Waals surface area (Å²) in [5, 5.41) is 0. The zero-order chi connectivity index (χ0) is 9.64. The lowest BCUT2D eigenvalue weighted by molar-refractivity contribution is -0.696. The second-order valence-electron chi connectivity index (χ2n) is 3.18. The first-order valence-corrected chi connectivity index (χ1v) is 4.79. The molecule has 0 spiro atoms. The lowest BCUT2D eigenvalue weighted by atomic mass is 10.2. The molecule has 0 atom stereocenters. The van der Waals surface area contributed by atoms with E-state index in [1.165, 1.54) is 0 Å². The largest absolute Gasteiger partial charge is 0.261 e. The van der Waals surface area contributed by atoms with Gasteiger partial charge < -0.3 is 0 Å². The van der Waals surface area contributed by atoms with E-state index >= 15 is 0 Å². The van der Waals surface area contributed by atoms with Crippen molar-refractivity contribution in [1.29, 1.82) is 0 Å². The number of hydrogen-bond acceptors (Lipinski definition) is 1. The van der Waals surface area contributed by atoms with Crippen molar-refractivity contribution in [3.05, 3.63) is 60.7 Å². The average Bonchev–Trinajstić information content (AvgIpc) is 2.29. The summed E-state index contributed by atoms with van der Waals surface area (Å²) in [4.78, 5) is 4.28. The Kier molecular flexibility index (Phi) is 2.86. The van der Waals surface area contributed by atoms with Crippen LogP contribution < -0.4 is 4.57 Å². The van der Waals surface area contributed by atoms with Crippen molar-refractivity contribution < 1.29 is 4.57 Å². The minimum atomic E-state index is 0.982. The molecule has 0 N–H and O–H groups in total. The maximum atomic E-state index is 4.28. The standard InChI is InChI=1S/C12H13N2/c1-4-9-14(10-5-1)11-7-12-6-2-3-8-13-12/h1-6,8-10H,7,11H2/q+1. The molecule has 0 aliphatic rings. The lowest BCUT2D eigenvalue weighted by Gasteiger charge is -1.96. The molecule has 2 heteroatoms. The molecule has 70 valence electrons. The predicted octanol–water partition coefficient (Wildman–Crippen LogP) is 1.61. The first-order chi connectivity index (χ1) is 6.95. The number of aromatic nitrogens is 2. The predicted molar refractivity (Wildman–Crippen MR) is 54.6 cm³/mol. The van der Waals surface area contributed by atoms with Gasteiger partial charge in [0.05, 0.1) is 0 Å². The van der Waals surface area contributed by atoms with E-state index in [0.29, 0.717) is 0 Å². The van der Waals surface area contributed by atoms with Gasteiger partial charge in [0, 0.05) is 30.4 Å². The third kappa shape index (κ3) is 2.39. The molecular weight excluding hydrogens is 172 g/mol. The van der Waals surface area contributed by atoms with Gasteiger partial charge in [0.1, 0.15) is 0 Å². The summed E-state index contributed by atoms with van der Waals surface area (Å²) in [6.07, 6.45) is 6.96. The van der Waals surface area contributed by atoms with Crippen molar-refractivity contribution in [3.8, 4) is 0 Å². The van der Waals surface area contributed by atoms with Gasteiger partial charge in [0.25, 0.3) is 0 Å². The second kappa shape index (κ2) is 4.51. The second-order valence-corrected chi connectivity index (χ2v) is 3.18. The van der Waals surface area contributed by atoms with Gasteiger partial charge >= 0.3 is 0 Å². The molecule has 2 nitrogen and oxygen atoms in total. The molecule has 2 heterocycles. The zero-order valence-corrected chi connectivity index (χ0v) is 8.00. The van der Waals surface area contributed by atoms with E-state index in [1.54, 1.807) is 0 Å². The first kappa shape index (κ1) is 8.88. The van der Waals surface area contributed by atoms with Crippen LogP contribution in [-0.4, -0.2) is 4.98 Å². The zero-order valence-electron chi connectivity index (χ0n) is 8.00. The molecule has 0 saturated carbocycles. The Morgan fingerprint density at radius 1 is 1.00 bits per heavy atom. The molecule has 2 aromatic rings. The molecule has 2 aromatic heterocycles. The minimum Gasteiger partial charge on any atom is -0.261 e. The molecule has 0 bridgehead atoms. The van der Waals surface area contributed by atoms with E-state index in [9.17, 15) is 0 Å². The van der Waals surface area contributed by atoms with Gasteiger partial charge in [0.2, 0.25) is 0 Å². The summed E-state index contributed by atoms with van der Waals surface area (Å²) >= 11 is 0. The third-order valence-corrected chi connectivity index (χ3v) is 2.13.